The van der Waals surface area contributed by atoms with Gasteiger partial charge in [0.05, 0.1) is 6.10 Å². The van der Waals surface area contributed by atoms with Gasteiger partial charge in [0, 0.05) is 20.0 Å². The van der Waals surface area contributed by atoms with Crippen molar-refractivity contribution in [2.45, 2.75) is 44.6 Å². The summed E-state index contributed by atoms with van der Waals surface area (Å²) in [6.07, 6.45) is 6.17. The second-order valence-corrected chi connectivity index (χ2v) is 5.27. The molecule has 3 nitrogen and oxygen atoms in total. The monoisotopic (exact) mass is 211 g/mol. The number of hydrogen-bond acceptors (Lipinski definition) is 2. The van der Waals surface area contributed by atoms with Crippen LogP contribution in [0.25, 0.3) is 0 Å². The van der Waals surface area contributed by atoms with Crippen LogP contribution in [-0.2, 0) is 4.79 Å². The predicted octanol–water partition coefficient (Wildman–Crippen LogP) is 1.41. The standard InChI is InChI=1S/C12H21NO2/c1-13(8-10-5-11(14)6-10)12(15)7-9-3-2-4-9/h9-11,14H,2-8H2,1H3. The molecule has 0 saturated heterocycles. The van der Waals surface area contributed by atoms with Crippen LogP contribution in [0.5, 0.6) is 0 Å². The summed E-state index contributed by atoms with van der Waals surface area (Å²) in [5, 5.41) is 9.16. The fraction of sp³-hybridized carbons (Fsp3) is 0.917. The third-order valence-electron chi connectivity index (χ3n) is 3.86. The van der Waals surface area contributed by atoms with Gasteiger partial charge < -0.3 is 10.0 Å². The summed E-state index contributed by atoms with van der Waals surface area (Å²) in [7, 11) is 1.89. The van der Waals surface area contributed by atoms with Crippen LogP contribution >= 0.6 is 0 Å². The Bertz CT molecular complexity index is 232. The molecule has 0 bridgehead atoms. The zero-order chi connectivity index (χ0) is 10.8. The fourth-order valence-electron chi connectivity index (χ4n) is 2.44. The molecule has 2 aliphatic carbocycles. The third-order valence-corrected chi connectivity index (χ3v) is 3.86. The van der Waals surface area contributed by atoms with Gasteiger partial charge in [0.1, 0.15) is 0 Å². The van der Waals surface area contributed by atoms with Gasteiger partial charge in [-0.3, -0.25) is 4.79 Å². The Morgan fingerprint density at radius 2 is 2.00 bits per heavy atom. The zero-order valence-corrected chi connectivity index (χ0v) is 9.48. The normalized spacial score (nSPS) is 30.5. The maximum atomic E-state index is 11.8. The first-order valence-electron chi connectivity index (χ1n) is 6.07. The van der Waals surface area contributed by atoms with Crippen LogP contribution < -0.4 is 0 Å². The Labute approximate surface area is 91.5 Å². The lowest BCUT2D eigenvalue weighted by molar-refractivity contribution is -0.133. The molecule has 0 atom stereocenters. The van der Waals surface area contributed by atoms with Gasteiger partial charge in [0.2, 0.25) is 5.91 Å². The molecule has 1 amide bonds. The van der Waals surface area contributed by atoms with E-state index in [-0.39, 0.29) is 6.10 Å². The van der Waals surface area contributed by atoms with Gasteiger partial charge in [-0.05, 0) is 37.5 Å². The lowest BCUT2D eigenvalue weighted by Crippen LogP contribution is -2.40. The van der Waals surface area contributed by atoms with E-state index in [0.29, 0.717) is 17.7 Å². The number of aliphatic hydroxyl groups excluding tert-OH is 1. The quantitative estimate of drug-likeness (QED) is 0.763. The van der Waals surface area contributed by atoms with Gasteiger partial charge in [0.15, 0.2) is 0 Å². The topological polar surface area (TPSA) is 40.5 Å². The van der Waals surface area contributed by atoms with E-state index in [1.165, 1.54) is 19.3 Å². The van der Waals surface area contributed by atoms with Crippen molar-refractivity contribution in [3.8, 4) is 0 Å². The first kappa shape index (κ1) is 10.9. The van der Waals surface area contributed by atoms with Gasteiger partial charge in [-0.2, -0.15) is 0 Å². The molecule has 0 aliphatic heterocycles. The molecular formula is C12H21NO2. The van der Waals surface area contributed by atoms with Gasteiger partial charge in [-0.1, -0.05) is 6.42 Å². The smallest absolute Gasteiger partial charge is 0.222 e. The Balaban J connectivity index is 1.65. The van der Waals surface area contributed by atoms with E-state index in [0.717, 1.165) is 25.8 Å². The summed E-state index contributed by atoms with van der Waals surface area (Å²) in [5.41, 5.74) is 0. The van der Waals surface area contributed by atoms with Crippen molar-refractivity contribution in [3.63, 3.8) is 0 Å². The van der Waals surface area contributed by atoms with E-state index in [2.05, 4.69) is 0 Å². The molecule has 3 heteroatoms. The minimum atomic E-state index is -0.106. The van der Waals surface area contributed by atoms with E-state index in [4.69, 9.17) is 5.11 Å². The molecule has 86 valence electrons. The molecule has 2 aliphatic rings. The summed E-state index contributed by atoms with van der Waals surface area (Å²) in [6, 6.07) is 0. The Morgan fingerprint density at radius 1 is 1.33 bits per heavy atom. The van der Waals surface area contributed by atoms with E-state index in [1.54, 1.807) is 0 Å². The van der Waals surface area contributed by atoms with E-state index in [1.807, 2.05) is 11.9 Å². The highest BCUT2D eigenvalue weighted by atomic mass is 16.3. The third kappa shape index (κ3) is 2.71. The summed E-state index contributed by atoms with van der Waals surface area (Å²) in [6.45, 7) is 0.836. The molecule has 0 radical (unpaired) electrons. The van der Waals surface area contributed by atoms with Crippen LogP contribution in [0.2, 0.25) is 0 Å². The first-order chi connectivity index (χ1) is 7.15. The highest BCUT2D eigenvalue weighted by Gasteiger charge is 2.30. The zero-order valence-electron chi connectivity index (χ0n) is 9.48. The maximum Gasteiger partial charge on any atom is 0.222 e. The summed E-state index contributed by atoms with van der Waals surface area (Å²) < 4.78 is 0. The Morgan fingerprint density at radius 3 is 2.47 bits per heavy atom. The molecule has 2 saturated carbocycles. The SMILES string of the molecule is CN(CC1CC(O)C1)C(=O)CC1CCC1. The van der Waals surface area contributed by atoms with Crippen LogP contribution in [0.15, 0.2) is 0 Å². The molecule has 0 unspecified atom stereocenters. The first-order valence-corrected chi connectivity index (χ1v) is 6.07. The molecule has 0 heterocycles. The summed E-state index contributed by atoms with van der Waals surface area (Å²) in [4.78, 5) is 13.6. The lowest BCUT2D eigenvalue weighted by Gasteiger charge is -2.35. The molecule has 0 aromatic heterocycles. The molecule has 2 fully saturated rings. The average molecular weight is 211 g/mol. The van der Waals surface area contributed by atoms with Gasteiger partial charge >= 0.3 is 0 Å². The van der Waals surface area contributed by atoms with E-state index >= 15 is 0 Å². The van der Waals surface area contributed by atoms with Crippen molar-refractivity contribution in [2.75, 3.05) is 13.6 Å². The van der Waals surface area contributed by atoms with Crippen molar-refractivity contribution in [2.24, 2.45) is 11.8 Å². The molecular weight excluding hydrogens is 190 g/mol. The number of amides is 1. The Hall–Kier alpha value is -0.570. The van der Waals surface area contributed by atoms with Crippen molar-refractivity contribution >= 4 is 5.91 Å². The second-order valence-electron chi connectivity index (χ2n) is 5.27. The molecule has 0 aromatic rings. The molecule has 2 rings (SSSR count). The van der Waals surface area contributed by atoms with Gasteiger partial charge in [-0.25, -0.2) is 0 Å². The van der Waals surface area contributed by atoms with Gasteiger partial charge in [0.25, 0.3) is 0 Å². The number of hydrogen-bond donors (Lipinski definition) is 1. The van der Waals surface area contributed by atoms with Crippen molar-refractivity contribution in [3.05, 3.63) is 0 Å². The lowest BCUT2D eigenvalue weighted by atomic mass is 9.81. The minimum Gasteiger partial charge on any atom is -0.393 e. The highest BCUT2D eigenvalue weighted by Crippen LogP contribution is 2.31. The molecule has 15 heavy (non-hydrogen) atoms. The number of rotatable bonds is 4. The average Bonchev–Trinajstić information content (AvgIpc) is 2.08. The number of carbonyl (C=O) groups is 1. The maximum absolute atomic E-state index is 11.8. The summed E-state index contributed by atoms with van der Waals surface area (Å²) >= 11 is 0. The largest absolute Gasteiger partial charge is 0.393 e. The molecule has 0 spiro atoms. The number of nitrogens with zero attached hydrogens (tertiary/aromatic N) is 1. The summed E-state index contributed by atoms with van der Waals surface area (Å²) in [5.74, 6) is 1.49. The van der Waals surface area contributed by atoms with Crippen LogP contribution in [0, 0.1) is 11.8 Å². The highest BCUT2D eigenvalue weighted by molar-refractivity contribution is 5.76. The van der Waals surface area contributed by atoms with Crippen LogP contribution in [0.1, 0.15) is 38.5 Å². The second kappa shape index (κ2) is 4.52. The predicted molar refractivity (Wildman–Crippen MR) is 58.3 cm³/mol. The molecule has 1 N–H and O–H groups in total. The van der Waals surface area contributed by atoms with Crippen molar-refractivity contribution < 1.29 is 9.90 Å². The van der Waals surface area contributed by atoms with E-state index in [9.17, 15) is 4.79 Å². The fourth-order valence-corrected chi connectivity index (χ4v) is 2.44. The van der Waals surface area contributed by atoms with E-state index < -0.39 is 0 Å². The van der Waals surface area contributed by atoms with Crippen LogP contribution in [0.3, 0.4) is 0 Å². The van der Waals surface area contributed by atoms with Gasteiger partial charge in [-0.15, -0.1) is 0 Å². The molecule has 0 aromatic carbocycles. The van der Waals surface area contributed by atoms with Crippen molar-refractivity contribution in [1.82, 2.24) is 4.90 Å². The Kier molecular flexibility index (Phi) is 3.29. The minimum absolute atomic E-state index is 0.106. The number of aliphatic hydroxyl groups is 1. The van der Waals surface area contributed by atoms with Crippen LogP contribution in [-0.4, -0.2) is 35.6 Å². The van der Waals surface area contributed by atoms with Crippen LogP contribution in [0.4, 0.5) is 0 Å². The van der Waals surface area contributed by atoms with Crippen molar-refractivity contribution in [1.29, 1.82) is 0 Å². The number of carbonyl (C=O) groups excluding carboxylic acids is 1.